The Hall–Kier alpha value is -4.12. The number of benzene rings is 2. The Kier molecular flexibility index (Phi) is 8.33. The number of allylic oxidation sites excluding steroid dienone is 1. The predicted octanol–water partition coefficient (Wildman–Crippen LogP) is 5.46. The zero-order valence-electron chi connectivity index (χ0n) is 31.7. The molecule has 2 aliphatic carbocycles. The number of H-pyrrole nitrogens is 2. The summed E-state index contributed by atoms with van der Waals surface area (Å²) in [5.41, 5.74) is 7.92. The van der Waals surface area contributed by atoms with Crippen molar-refractivity contribution in [1.29, 1.82) is 0 Å². The van der Waals surface area contributed by atoms with Crippen molar-refractivity contribution in [1.82, 2.24) is 19.8 Å². The van der Waals surface area contributed by atoms with Crippen LogP contribution in [0.3, 0.4) is 0 Å². The highest BCUT2D eigenvalue weighted by Crippen LogP contribution is 2.56. The predicted molar refractivity (Wildman–Crippen MR) is 203 cm³/mol. The highest BCUT2D eigenvalue weighted by molar-refractivity contribution is 5.93. The van der Waals surface area contributed by atoms with Gasteiger partial charge in [-0.1, -0.05) is 29.8 Å². The number of nitrogens with one attached hydrogen (secondary N) is 2. The van der Waals surface area contributed by atoms with Crippen LogP contribution in [0, 0.1) is 23.7 Å². The number of rotatable bonds is 5. The summed E-state index contributed by atoms with van der Waals surface area (Å²) in [4.78, 5) is 40.5. The number of hydrogen-bond acceptors (Lipinski definition) is 8. The van der Waals surface area contributed by atoms with E-state index in [4.69, 9.17) is 14.2 Å². The van der Waals surface area contributed by atoms with Crippen LogP contribution in [-0.4, -0.2) is 103 Å². The number of para-hydroxylation sites is 1. The summed E-state index contributed by atoms with van der Waals surface area (Å²) in [6, 6.07) is 12.7. The molecule has 2 aromatic carbocycles. The van der Waals surface area contributed by atoms with Crippen molar-refractivity contribution in [3.05, 3.63) is 76.1 Å². The monoisotopic (exact) mass is 720 g/mol. The van der Waals surface area contributed by atoms with Crippen molar-refractivity contribution in [2.24, 2.45) is 23.7 Å². The van der Waals surface area contributed by atoms with Gasteiger partial charge in [0.05, 0.1) is 33.4 Å². The van der Waals surface area contributed by atoms with Gasteiger partial charge in [-0.15, -0.1) is 0 Å². The summed E-state index contributed by atoms with van der Waals surface area (Å²) in [5.74, 6) is 0.188. The van der Waals surface area contributed by atoms with E-state index in [9.17, 15) is 14.7 Å². The molecule has 10 rings (SSSR count). The molecule has 6 heterocycles. The Labute approximate surface area is 310 Å². The first-order valence-corrected chi connectivity index (χ1v) is 19.4. The first kappa shape index (κ1) is 34.6. The number of esters is 2. The van der Waals surface area contributed by atoms with Crippen molar-refractivity contribution in [3.8, 4) is 5.75 Å². The van der Waals surface area contributed by atoms with Gasteiger partial charge in [0.25, 0.3) is 0 Å². The van der Waals surface area contributed by atoms with Gasteiger partial charge >= 0.3 is 11.9 Å². The summed E-state index contributed by atoms with van der Waals surface area (Å²) in [7, 11) is 6.87. The van der Waals surface area contributed by atoms with Crippen LogP contribution in [-0.2, 0) is 37.3 Å². The number of aromatic nitrogens is 2. The van der Waals surface area contributed by atoms with Crippen LogP contribution in [0.4, 0.5) is 0 Å². The number of aliphatic hydroxyl groups is 1. The molecule has 2 aromatic heterocycles. The van der Waals surface area contributed by atoms with Crippen LogP contribution >= 0.6 is 0 Å². The first-order chi connectivity index (χ1) is 25.6. The Bertz CT molecular complexity index is 2150. The Morgan fingerprint density at radius 1 is 1.04 bits per heavy atom. The fraction of sp³-hybridized carbons (Fsp3) is 0.535. The number of carbonyl (C=O) groups excluding carboxylic acids is 2. The SMILES string of the molecule is C/C=C1\CN(C)[C@@H]2Cc3c([nH]c4ccccc34)[C@H](c3cc4c5c([nH]c4cc3OC)[C@]3(C(=O)OC)C[C@H]4C[C@H]([C@H](C)O)[C@@H]3N(CC5)C4)C[C@@H]1[C@H]2C(=O)OC. The maximum atomic E-state index is 14.2. The number of fused-ring (bicyclic) bond motifs is 9. The molecule has 3 saturated heterocycles. The largest absolute Gasteiger partial charge is 0.496 e. The van der Waals surface area contributed by atoms with E-state index in [2.05, 4.69) is 76.2 Å². The lowest BCUT2D eigenvalue weighted by Crippen LogP contribution is -2.68. The molecule has 10 atom stereocenters. The summed E-state index contributed by atoms with van der Waals surface area (Å²) < 4.78 is 17.5. The second-order valence-corrected chi connectivity index (χ2v) is 16.5. The van der Waals surface area contributed by atoms with E-state index in [1.807, 2.05) is 6.92 Å². The maximum Gasteiger partial charge on any atom is 0.319 e. The summed E-state index contributed by atoms with van der Waals surface area (Å²) in [5, 5.41) is 13.3. The van der Waals surface area contributed by atoms with Crippen molar-refractivity contribution in [2.45, 2.75) is 75.5 Å². The topological polar surface area (TPSA) is 120 Å². The number of likely N-dealkylation sites (N-methyl/N-ethyl adjacent to an activating group) is 1. The number of nitrogens with zero attached hydrogens (tertiary/aromatic N) is 2. The van der Waals surface area contributed by atoms with Crippen LogP contribution in [0.1, 0.15) is 67.1 Å². The lowest BCUT2D eigenvalue weighted by atomic mass is 9.56. The van der Waals surface area contributed by atoms with Gasteiger partial charge < -0.3 is 29.3 Å². The molecule has 53 heavy (non-hydrogen) atoms. The second kappa shape index (κ2) is 12.7. The summed E-state index contributed by atoms with van der Waals surface area (Å²) >= 11 is 0. The van der Waals surface area contributed by atoms with E-state index in [-0.39, 0.29) is 47.7 Å². The van der Waals surface area contributed by atoms with Gasteiger partial charge in [0, 0.05) is 88.4 Å². The molecule has 0 amide bonds. The zero-order chi connectivity index (χ0) is 36.9. The normalized spacial score (nSPS) is 33.5. The smallest absolute Gasteiger partial charge is 0.319 e. The van der Waals surface area contributed by atoms with E-state index in [1.165, 1.54) is 36.4 Å². The molecule has 6 aliphatic rings. The van der Waals surface area contributed by atoms with Crippen LogP contribution in [0.15, 0.2) is 48.0 Å². The molecule has 4 fully saturated rings. The summed E-state index contributed by atoms with van der Waals surface area (Å²) in [6.07, 6.45) is 5.48. The minimum absolute atomic E-state index is 0.00969. The molecule has 1 saturated carbocycles. The fourth-order valence-corrected chi connectivity index (χ4v) is 12.0. The number of hydrogen-bond donors (Lipinski definition) is 3. The van der Waals surface area contributed by atoms with Crippen LogP contribution in [0.25, 0.3) is 21.8 Å². The van der Waals surface area contributed by atoms with E-state index in [0.717, 1.165) is 71.5 Å². The third-order valence-electron chi connectivity index (χ3n) is 14.2. The molecular formula is C43H52N4O6. The van der Waals surface area contributed by atoms with E-state index in [0.29, 0.717) is 25.2 Å². The molecular weight excluding hydrogens is 668 g/mol. The second-order valence-electron chi connectivity index (χ2n) is 16.5. The number of likely N-dealkylation sites (tertiary alicyclic amines) is 1. The Morgan fingerprint density at radius 3 is 2.58 bits per heavy atom. The van der Waals surface area contributed by atoms with Crippen molar-refractivity contribution in [2.75, 3.05) is 48.0 Å². The number of aliphatic hydroxyl groups excluding tert-OH is 1. The number of methoxy groups -OCH3 is 3. The molecule has 10 nitrogen and oxygen atoms in total. The Morgan fingerprint density at radius 2 is 1.85 bits per heavy atom. The van der Waals surface area contributed by atoms with Gasteiger partial charge in [0.15, 0.2) is 0 Å². The van der Waals surface area contributed by atoms with Crippen molar-refractivity contribution in [3.63, 3.8) is 0 Å². The number of carbonyl (C=O) groups is 2. The van der Waals surface area contributed by atoms with E-state index >= 15 is 0 Å². The van der Waals surface area contributed by atoms with Gasteiger partial charge in [0.1, 0.15) is 11.2 Å². The van der Waals surface area contributed by atoms with Gasteiger partial charge in [-0.2, -0.15) is 0 Å². The minimum atomic E-state index is -0.905. The number of aromatic amines is 2. The van der Waals surface area contributed by atoms with E-state index < -0.39 is 11.5 Å². The maximum absolute atomic E-state index is 14.2. The molecule has 280 valence electrons. The number of ether oxygens (including phenoxy) is 3. The van der Waals surface area contributed by atoms with Crippen LogP contribution < -0.4 is 4.74 Å². The molecule has 4 aromatic rings. The quantitative estimate of drug-likeness (QED) is 0.184. The zero-order valence-corrected chi connectivity index (χ0v) is 31.7. The standard InChI is InChI=1S/C43H52N4O6/c1-7-24-21-46(3)35-17-32-25-10-8-9-11-33(25)44-38(32)31(15-28(24)37(35)41(49)52-5)30-16-29-26-12-13-47-20-23-14-27(22(2)48)40(47)43(19-23,42(50)53-6)39(26)45-34(29)18-36(30)51-4/h7-11,16,18,22-23,27-28,31,35,37,40,44-45,48H,12-15,17,19-21H2,1-6H3/b24-7+/t22-,23+,27+,28-,31-,35+,37+,40-,43+/m0/s1. The van der Waals surface area contributed by atoms with Gasteiger partial charge in [-0.05, 0) is 88.1 Å². The van der Waals surface area contributed by atoms with Gasteiger partial charge in [-0.25, -0.2) is 0 Å². The van der Waals surface area contributed by atoms with E-state index in [1.54, 1.807) is 7.11 Å². The summed E-state index contributed by atoms with van der Waals surface area (Å²) in [6.45, 7) is 6.50. The van der Waals surface area contributed by atoms with Crippen LogP contribution in [0.2, 0.25) is 0 Å². The lowest BCUT2D eigenvalue weighted by Gasteiger charge is -2.58. The average molecular weight is 721 g/mol. The average Bonchev–Trinajstić information content (AvgIpc) is 3.69. The molecule has 4 aliphatic heterocycles. The van der Waals surface area contributed by atoms with Gasteiger partial charge in [-0.3, -0.25) is 19.4 Å². The highest BCUT2D eigenvalue weighted by atomic mass is 16.5. The van der Waals surface area contributed by atoms with Crippen molar-refractivity contribution < 1.29 is 28.9 Å². The van der Waals surface area contributed by atoms with Crippen molar-refractivity contribution >= 4 is 33.7 Å². The molecule has 10 heteroatoms. The first-order valence-electron chi connectivity index (χ1n) is 19.4. The lowest BCUT2D eigenvalue weighted by molar-refractivity contribution is -0.166. The minimum Gasteiger partial charge on any atom is -0.496 e. The van der Waals surface area contributed by atoms with Gasteiger partial charge in [0.2, 0.25) is 0 Å². The van der Waals surface area contributed by atoms with Crippen LogP contribution in [0.5, 0.6) is 5.75 Å². The third kappa shape index (κ3) is 4.94. The number of piperidine rings is 3. The third-order valence-corrected chi connectivity index (χ3v) is 14.2. The molecule has 3 N–H and O–H groups in total. The Balaban J connectivity index is 1.27. The molecule has 1 unspecified atom stereocenters. The fourth-order valence-electron chi connectivity index (χ4n) is 12.0. The highest BCUT2D eigenvalue weighted by Gasteiger charge is 2.64. The molecule has 0 radical (unpaired) electrons. The molecule has 6 bridgehead atoms. The molecule has 0 spiro atoms.